The molecule has 0 spiro atoms. The van der Waals surface area contributed by atoms with Crippen LogP contribution in [-0.4, -0.2) is 15.6 Å². The van der Waals surface area contributed by atoms with Gasteiger partial charge in [-0.05, 0) is 11.5 Å². The molecule has 6 heteroatoms. The van der Waals surface area contributed by atoms with Gasteiger partial charge < -0.3 is 9.67 Å². The van der Waals surface area contributed by atoms with Crippen LogP contribution < -0.4 is 4.87 Å². The van der Waals surface area contributed by atoms with Crippen molar-refractivity contribution < 1.29 is 9.90 Å². The maximum absolute atomic E-state index is 11.6. The molecule has 1 N–H and O–H groups in total. The largest absolute Gasteiger partial charge is 0.477 e. The van der Waals surface area contributed by atoms with Crippen LogP contribution in [0.5, 0.6) is 0 Å². The minimum atomic E-state index is -0.945. The zero-order chi connectivity index (χ0) is 13.4. The average Bonchev–Trinajstić information content (AvgIpc) is 2.95. The molecule has 2 aromatic heterocycles. The number of hydrogen-bond donors (Lipinski definition) is 1. The van der Waals surface area contributed by atoms with Crippen LogP contribution in [0.25, 0.3) is 10.1 Å². The smallest absolute Gasteiger partial charge is 0.346 e. The zero-order valence-electron chi connectivity index (χ0n) is 9.70. The van der Waals surface area contributed by atoms with E-state index >= 15 is 0 Å². The minimum Gasteiger partial charge on any atom is -0.477 e. The number of thiazole rings is 1. The van der Waals surface area contributed by atoms with Crippen LogP contribution in [0.1, 0.15) is 15.2 Å². The van der Waals surface area contributed by atoms with Gasteiger partial charge in [0, 0.05) is 21.8 Å². The number of rotatable bonds is 3. The van der Waals surface area contributed by atoms with Gasteiger partial charge in [-0.3, -0.25) is 4.79 Å². The Kier molecular flexibility index (Phi) is 2.96. The molecule has 0 fully saturated rings. The molecule has 2 heterocycles. The van der Waals surface area contributed by atoms with Crippen LogP contribution in [-0.2, 0) is 6.54 Å². The Balaban J connectivity index is 2.20. The molecule has 1 aromatic carbocycles. The standard InChI is InChI=1S/C13H9NO3S2/c15-12(16)11-9(7-14-5-6-18-13(14)17)8-3-1-2-4-10(8)19-11/h1-6H,7H2,(H,15,16). The predicted octanol–water partition coefficient (Wildman–Crippen LogP) is 2.87. The molecule has 0 saturated heterocycles. The lowest BCUT2D eigenvalue weighted by molar-refractivity contribution is 0.0701. The third kappa shape index (κ3) is 2.09. The highest BCUT2D eigenvalue weighted by atomic mass is 32.1. The van der Waals surface area contributed by atoms with Crippen LogP contribution in [0.3, 0.4) is 0 Å². The Labute approximate surface area is 116 Å². The average molecular weight is 291 g/mol. The van der Waals surface area contributed by atoms with Crippen molar-refractivity contribution in [3.05, 3.63) is 56.0 Å². The second-order valence-corrected chi connectivity index (χ2v) is 5.92. The van der Waals surface area contributed by atoms with Gasteiger partial charge >= 0.3 is 10.8 Å². The molecule has 3 rings (SSSR count). The van der Waals surface area contributed by atoms with Gasteiger partial charge in [0.15, 0.2) is 0 Å². The van der Waals surface area contributed by atoms with Crippen molar-refractivity contribution in [2.45, 2.75) is 6.54 Å². The molecule has 0 aliphatic carbocycles. The van der Waals surface area contributed by atoms with Crippen molar-refractivity contribution in [3.8, 4) is 0 Å². The summed E-state index contributed by atoms with van der Waals surface area (Å²) in [7, 11) is 0. The zero-order valence-corrected chi connectivity index (χ0v) is 11.3. The first-order valence-electron chi connectivity index (χ1n) is 5.54. The molecule has 0 amide bonds. The van der Waals surface area contributed by atoms with Crippen molar-refractivity contribution in [2.24, 2.45) is 0 Å². The predicted molar refractivity (Wildman–Crippen MR) is 76.5 cm³/mol. The Morgan fingerprint density at radius 2 is 2.11 bits per heavy atom. The third-order valence-electron chi connectivity index (χ3n) is 2.87. The number of thiophene rings is 1. The van der Waals surface area contributed by atoms with E-state index in [4.69, 9.17) is 0 Å². The van der Waals surface area contributed by atoms with Crippen molar-refractivity contribution >= 4 is 38.7 Å². The SMILES string of the molecule is O=C(O)c1sc2ccccc2c1Cn1ccsc1=O. The summed E-state index contributed by atoms with van der Waals surface area (Å²) >= 11 is 2.36. The summed E-state index contributed by atoms with van der Waals surface area (Å²) in [4.78, 5) is 23.2. The van der Waals surface area contributed by atoms with Crippen LogP contribution in [0.15, 0.2) is 40.6 Å². The molecule has 0 aliphatic heterocycles. The van der Waals surface area contributed by atoms with Crippen molar-refractivity contribution in [2.75, 3.05) is 0 Å². The number of carboxylic acid groups (broad SMARTS) is 1. The van der Waals surface area contributed by atoms with Gasteiger partial charge in [-0.25, -0.2) is 4.79 Å². The van der Waals surface area contributed by atoms with Crippen LogP contribution in [0.2, 0.25) is 0 Å². The fourth-order valence-electron chi connectivity index (χ4n) is 2.01. The van der Waals surface area contributed by atoms with Gasteiger partial charge in [0.1, 0.15) is 4.88 Å². The summed E-state index contributed by atoms with van der Waals surface area (Å²) in [6.45, 7) is 0.300. The number of benzene rings is 1. The normalized spacial score (nSPS) is 10.9. The Morgan fingerprint density at radius 3 is 2.79 bits per heavy atom. The molecule has 96 valence electrons. The van der Waals surface area contributed by atoms with Gasteiger partial charge in [0.25, 0.3) is 0 Å². The number of nitrogens with zero attached hydrogens (tertiary/aromatic N) is 1. The summed E-state index contributed by atoms with van der Waals surface area (Å²) in [6, 6.07) is 7.54. The molecular formula is C13H9NO3S2. The van der Waals surface area contributed by atoms with Gasteiger partial charge in [-0.2, -0.15) is 0 Å². The summed E-state index contributed by atoms with van der Waals surface area (Å²) < 4.78 is 2.46. The number of aromatic carboxylic acids is 1. The molecule has 19 heavy (non-hydrogen) atoms. The van der Waals surface area contributed by atoms with Gasteiger partial charge in [0.2, 0.25) is 0 Å². The lowest BCUT2D eigenvalue weighted by atomic mass is 10.1. The van der Waals surface area contributed by atoms with E-state index in [2.05, 4.69) is 0 Å². The molecule has 0 atom stereocenters. The highest BCUT2D eigenvalue weighted by Crippen LogP contribution is 2.31. The third-order valence-corrected chi connectivity index (χ3v) is 4.76. The fourth-order valence-corrected chi connectivity index (χ4v) is 3.64. The number of fused-ring (bicyclic) bond motifs is 1. The van der Waals surface area contributed by atoms with Crippen molar-refractivity contribution in [1.29, 1.82) is 0 Å². The highest BCUT2D eigenvalue weighted by molar-refractivity contribution is 7.21. The van der Waals surface area contributed by atoms with E-state index in [1.807, 2.05) is 24.3 Å². The first kappa shape index (κ1) is 12.1. The molecule has 0 radical (unpaired) electrons. The van der Waals surface area contributed by atoms with Crippen LogP contribution in [0.4, 0.5) is 0 Å². The van der Waals surface area contributed by atoms with Gasteiger partial charge in [-0.15, -0.1) is 11.3 Å². The van der Waals surface area contributed by atoms with E-state index < -0.39 is 5.97 Å². The first-order valence-corrected chi connectivity index (χ1v) is 7.24. The van der Waals surface area contributed by atoms with Gasteiger partial charge in [-0.1, -0.05) is 29.5 Å². The van der Waals surface area contributed by atoms with Crippen LogP contribution >= 0.6 is 22.7 Å². The van der Waals surface area contributed by atoms with Gasteiger partial charge in [0.05, 0.1) is 6.54 Å². The summed E-state index contributed by atoms with van der Waals surface area (Å²) in [5.41, 5.74) is 0.702. The molecule has 3 aromatic rings. The Bertz CT molecular complexity index is 813. The van der Waals surface area contributed by atoms with Crippen molar-refractivity contribution in [1.82, 2.24) is 4.57 Å². The van der Waals surface area contributed by atoms with Crippen LogP contribution in [0, 0.1) is 0 Å². The topological polar surface area (TPSA) is 59.3 Å². The summed E-state index contributed by atoms with van der Waals surface area (Å²) in [6.07, 6.45) is 1.69. The summed E-state index contributed by atoms with van der Waals surface area (Å²) in [5.74, 6) is -0.945. The van der Waals surface area contributed by atoms with E-state index in [0.29, 0.717) is 17.0 Å². The maximum atomic E-state index is 11.6. The van der Waals surface area contributed by atoms with E-state index in [9.17, 15) is 14.7 Å². The summed E-state index contributed by atoms with van der Waals surface area (Å²) in [5, 5.41) is 11.9. The van der Waals surface area contributed by atoms with E-state index in [1.54, 1.807) is 11.6 Å². The fraction of sp³-hybridized carbons (Fsp3) is 0.0769. The van der Waals surface area contributed by atoms with Crippen molar-refractivity contribution in [3.63, 3.8) is 0 Å². The molecule has 4 nitrogen and oxygen atoms in total. The number of carboxylic acids is 1. The quantitative estimate of drug-likeness (QED) is 0.807. The minimum absolute atomic E-state index is 0.0772. The Hall–Kier alpha value is -1.92. The molecular weight excluding hydrogens is 282 g/mol. The molecule has 0 aliphatic rings. The Morgan fingerprint density at radius 1 is 1.32 bits per heavy atom. The number of carbonyl (C=O) groups is 1. The van der Waals surface area contributed by atoms with E-state index in [0.717, 1.165) is 21.4 Å². The first-order chi connectivity index (χ1) is 9.16. The van der Waals surface area contributed by atoms with E-state index in [1.165, 1.54) is 15.9 Å². The molecule has 0 saturated carbocycles. The highest BCUT2D eigenvalue weighted by Gasteiger charge is 2.18. The second-order valence-electron chi connectivity index (χ2n) is 4.01. The second kappa shape index (κ2) is 4.64. The van der Waals surface area contributed by atoms with E-state index in [-0.39, 0.29) is 4.87 Å². The molecule has 0 unspecified atom stereocenters. The lowest BCUT2D eigenvalue weighted by Crippen LogP contribution is -2.14. The number of hydrogen-bond acceptors (Lipinski definition) is 4. The maximum Gasteiger partial charge on any atom is 0.346 e. The number of aromatic nitrogens is 1. The molecule has 0 bridgehead atoms. The lowest BCUT2D eigenvalue weighted by Gasteiger charge is -2.02. The monoisotopic (exact) mass is 291 g/mol.